The van der Waals surface area contributed by atoms with Gasteiger partial charge in [0.25, 0.3) is 0 Å². The number of carbonyl (C=O) groups excluding carboxylic acids is 2. The second-order valence-corrected chi connectivity index (χ2v) is 22.9. The van der Waals surface area contributed by atoms with Crippen molar-refractivity contribution >= 4 is 40.3 Å². The van der Waals surface area contributed by atoms with E-state index in [0.29, 0.717) is 11.8 Å². The molecule has 0 amide bonds. The Balaban J connectivity index is 0.873. The molecule has 2 saturated carbocycles. The lowest BCUT2D eigenvalue weighted by Crippen LogP contribution is -2.52. The largest absolute Gasteiger partial charge is 0.357 e. The van der Waals surface area contributed by atoms with Gasteiger partial charge in [-0.05, 0) is 146 Å². The number of H-pyrrole nitrogens is 2. The van der Waals surface area contributed by atoms with Crippen LogP contribution in [0, 0.1) is 11.8 Å². The summed E-state index contributed by atoms with van der Waals surface area (Å²) in [4.78, 5) is 53.3. The second-order valence-electron chi connectivity index (χ2n) is 22.9. The third-order valence-electron chi connectivity index (χ3n) is 18.1. The van der Waals surface area contributed by atoms with Gasteiger partial charge in [0.15, 0.2) is 0 Å². The van der Waals surface area contributed by atoms with E-state index in [1.54, 1.807) is 0 Å². The first kappa shape index (κ1) is 46.2. The van der Waals surface area contributed by atoms with Crippen LogP contribution in [0.3, 0.4) is 0 Å². The minimum absolute atomic E-state index is 0.0314. The van der Waals surface area contributed by atoms with Gasteiger partial charge in [0.05, 0.1) is 46.2 Å². The summed E-state index contributed by atoms with van der Waals surface area (Å²) in [6, 6.07) is 44.6. The summed E-state index contributed by atoms with van der Waals surface area (Å²) < 4.78 is 0. The Morgan fingerprint density at radius 2 is 0.915 bits per heavy atom. The normalized spacial score (nSPS) is 24.6. The molecule has 0 radical (unpaired) electrons. The number of rotatable bonds is 13. The highest BCUT2D eigenvalue weighted by molar-refractivity contribution is 5.78. The van der Waals surface area contributed by atoms with Crippen LogP contribution in [0.2, 0.25) is 0 Å². The van der Waals surface area contributed by atoms with Gasteiger partial charge in [-0.25, -0.2) is 9.97 Å². The highest BCUT2D eigenvalue weighted by Gasteiger charge is 2.52. The number of benzene rings is 5. The molecule has 3 aliphatic heterocycles. The van der Waals surface area contributed by atoms with E-state index < -0.39 is 11.1 Å². The number of carbonyl (C=O) groups is 2. The molecule has 2 unspecified atom stereocenters. The van der Waals surface area contributed by atoms with Gasteiger partial charge >= 0.3 is 0 Å². The zero-order chi connectivity index (χ0) is 48.3. The average molecular weight is 946 g/mol. The fraction of sp³-hybridized carbons (Fsp3) is 0.452. The topological polar surface area (TPSA) is 101 Å². The number of anilines is 1. The van der Waals surface area contributed by atoms with E-state index in [1.807, 2.05) is 0 Å². The van der Waals surface area contributed by atoms with Crippen molar-refractivity contribution in [3.05, 3.63) is 161 Å². The maximum atomic E-state index is 13.7. The molecule has 2 aromatic heterocycles. The Kier molecular flexibility index (Phi) is 12.1. The lowest BCUT2D eigenvalue weighted by atomic mass is 9.76. The molecule has 366 valence electrons. The molecule has 12 rings (SSSR count). The van der Waals surface area contributed by atoms with E-state index in [9.17, 15) is 9.59 Å². The van der Waals surface area contributed by atoms with E-state index >= 15 is 0 Å². The number of nitrogens with one attached hydrogen (secondary N) is 2. The third-order valence-corrected chi connectivity index (χ3v) is 18.1. The molecule has 5 heterocycles. The van der Waals surface area contributed by atoms with Crippen LogP contribution in [0.25, 0.3) is 22.1 Å². The number of nitrogens with zero attached hydrogens (tertiary/aromatic N) is 5. The van der Waals surface area contributed by atoms with Crippen LogP contribution in [-0.4, -0.2) is 55.4 Å². The van der Waals surface area contributed by atoms with E-state index in [2.05, 4.69) is 167 Å². The molecule has 2 N–H and O–H groups in total. The van der Waals surface area contributed by atoms with E-state index in [1.165, 1.54) is 60.6 Å². The van der Waals surface area contributed by atoms with Crippen LogP contribution in [0.15, 0.2) is 121 Å². The second kappa shape index (κ2) is 18.6. The number of aldehydes is 2. The van der Waals surface area contributed by atoms with Gasteiger partial charge < -0.3 is 24.5 Å². The molecular formula is C62H71N7O2. The van der Waals surface area contributed by atoms with Crippen molar-refractivity contribution in [3.63, 3.8) is 0 Å². The molecule has 3 saturated heterocycles. The predicted molar refractivity (Wildman–Crippen MR) is 284 cm³/mol. The Morgan fingerprint density at radius 1 is 0.479 bits per heavy atom. The van der Waals surface area contributed by atoms with Crippen molar-refractivity contribution in [1.29, 1.82) is 0 Å². The van der Waals surface area contributed by atoms with Crippen molar-refractivity contribution < 1.29 is 9.59 Å². The van der Waals surface area contributed by atoms with Gasteiger partial charge in [-0.15, -0.1) is 0 Å². The van der Waals surface area contributed by atoms with Crippen LogP contribution in [0.5, 0.6) is 0 Å². The lowest BCUT2D eigenvalue weighted by molar-refractivity contribution is -0.125. The molecule has 5 aliphatic rings. The number of aromatic amines is 2. The summed E-state index contributed by atoms with van der Waals surface area (Å²) in [6.07, 6.45) is 17.6. The smallest absolute Gasteiger partial charge is 0.145 e. The molecule has 5 aromatic carbocycles. The Morgan fingerprint density at radius 3 is 1.32 bits per heavy atom. The van der Waals surface area contributed by atoms with Crippen molar-refractivity contribution in [2.24, 2.45) is 11.8 Å². The Hall–Kier alpha value is -5.90. The Labute approximate surface area is 419 Å². The van der Waals surface area contributed by atoms with E-state index in [-0.39, 0.29) is 29.6 Å². The lowest BCUT2D eigenvalue weighted by Gasteiger charge is -2.45. The summed E-state index contributed by atoms with van der Waals surface area (Å²) in [5.74, 6) is 2.52. The SMILES string of the molecule is CC(C)(C)c1ccc(N2C(c3ccc4nc([C@@H]5CCCN5C(C=O)(c5ccccc5)C5CCCC5)[nH]c4c3)CC[C@@H]2c2ccc3nc([C@@H]4CCCN4[C@@](C=O)(c4ccccc4)C4CCCC4)[nH]c3c2)cc1. The highest BCUT2D eigenvalue weighted by atomic mass is 16.1. The maximum absolute atomic E-state index is 13.7. The van der Waals surface area contributed by atoms with Crippen molar-refractivity contribution in [2.45, 2.75) is 151 Å². The van der Waals surface area contributed by atoms with Gasteiger partial charge in [-0.1, -0.05) is 131 Å². The van der Waals surface area contributed by atoms with Crippen molar-refractivity contribution in [3.8, 4) is 0 Å². The van der Waals surface area contributed by atoms with Gasteiger partial charge in [0.2, 0.25) is 0 Å². The van der Waals surface area contributed by atoms with Crippen molar-refractivity contribution in [1.82, 2.24) is 29.7 Å². The van der Waals surface area contributed by atoms with E-state index in [4.69, 9.17) is 9.97 Å². The van der Waals surface area contributed by atoms with Crippen molar-refractivity contribution in [2.75, 3.05) is 18.0 Å². The molecular weight excluding hydrogens is 875 g/mol. The number of fused-ring (bicyclic) bond motifs is 2. The summed E-state index contributed by atoms with van der Waals surface area (Å²) in [7, 11) is 0. The van der Waals surface area contributed by atoms with Crippen LogP contribution < -0.4 is 4.90 Å². The first-order valence-corrected chi connectivity index (χ1v) is 27.1. The van der Waals surface area contributed by atoms with Gasteiger partial charge in [0.1, 0.15) is 35.3 Å². The van der Waals surface area contributed by atoms with E-state index in [0.717, 1.165) is 122 Å². The highest BCUT2D eigenvalue weighted by Crippen LogP contribution is 2.53. The van der Waals surface area contributed by atoms with Crippen LogP contribution in [-0.2, 0) is 26.1 Å². The molecule has 9 nitrogen and oxygen atoms in total. The quantitative estimate of drug-likeness (QED) is 0.111. The minimum atomic E-state index is -0.664. The number of aromatic nitrogens is 4. The molecule has 9 heteroatoms. The monoisotopic (exact) mass is 946 g/mol. The summed E-state index contributed by atoms with van der Waals surface area (Å²) in [5, 5.41) is 0. The fourth-order valence-corrected chi connectivity index (χ4v) is 14.6. The third kappa shape index (κ3) is 7.88. The van der Waals surface area contributed by atoms with Crippen LogP contribution in [0.4, 0.5) is 5.69 Å². The molecule has 5 fully saturated rings. The number of hydrogen-bond acceptors (Lipinski definition) is 7. The minimum Gasteiger partial charge on any atom is -0.357 e. The first-order valence-electron chi connectivity index (χ1n) is 27.1. The molecule has 0 bridgehead atoms. The summed E-state index contributed by atoms with van der Waals surface area (Å²) in [6.45, 7) is 8.61. The van der Waals surface area contributed by atoms with Crippen LogP contribution >= 0.6 is 0 Å². The average Bonchev–Trinajstić information content (AvgIpc) is 4.26. The maximum Gasteiger partial charge on any atom is 0.145 e. The summed E-state index contributed by atoms with van der Waals surface area (Å²) >= 11 is 0. The van der Waals surface area contributed by atoms with Gasteiger partial charge in [-0.3, -0.25) is 9.80 Å². The zero-order valence-electron chi connectivity index (χ0n) is 42.0. The molecule has 7 aromatic rings. The summed E-state index contributed by atoms with van der Waals surface area (Å²) in [5.41, 5.74) is 10.1. The number of likely N-dealkylation sites (tertiary alicyclic amines) is 2. The molecule has 0 spiro atoms. The van der Waals surface area contributed by atoms with Gasteiger partial charge in [0, 0.05) is 18.8 Å². The first-order chi connectivity index (χ1) is 34.7. The zero-order valence-corrected chi connectivity index (χ0v) is 42.0. The molecule has 6 atom stereocenters. The number of hydrogen-bond donors (Lipinski definition) is 2. The standard InChI is InChI=1S/C62H71N7O2/c1-60(2,3)44-28-30-49(31-29-44)69-54(42-26-32-50-52(38-42)65-58(63-50)56-24-14-36-67(56)61(40-70,47-20-10-11-21-47)45-16-6-4-7-17-45)34-35-55(69)43-27-33-51-53(39-43)66-59(64-51)57-25-15-37-68(57)62(41-71,48-22-12-13-23-48)46-18-8-5-9-19-46/h4-9,16-19,26-33,38-41,47-48,54-57H,10-15,20-25,34-37H2,1-3H3,(H,63,65)(H,64,66)/t54-,55?,56+,57+,61+,62?/m1/s1. The van der Waals surface area contributed by atoms with Crippen LogP contribution in [0.1, 0.15) is 174 Å². The Bertz CT molecular complexity index is 2820. The number of imidazole rings is 2. The fourth-order valence-electron chi connectivity index (χ4n) is 14.6. The molecule has 71 heavy (non-hydrogen) atoms. The van der Waals surface area contributed by atoms with Gasteiger partial charge in [-0.2, -0.15) is 0 Å². The molecule has 2 aliphatic carbocycles. The predicted octanol–water partition coefficient (Wildman–Crippen LogP) is 13.7.